The van der Waals surface area contributed by atoms with Crippen LogP contribution < -0.4 is 10.6 Å². The molecule has 5 nitrogen and oxygen atoms in total. The highest BCUT2D eigenvalue weighted by Crippen LogP contribution is 2.29. The molecule has 4 rings (SSSR count). The summed E-state index contributed by atoms with van der Waals surface area (Å²) in [6, 6.07) is 7.80. The second kappa shape index (κ2) is 7.06. The summed E-state index contributed by atoms with van der Waals surface area (Å²) in [5.74, 6) is 0.663. The smallest absolute Gasteiger partial charge is 0.257 e. The van der Waals surface area contributed by atoms with Crippen LogP contribution in [0.15, 0.2) is 24.3 Å². The minimum atomic E-state index is -0.173. The normalized spacial score (nSPS) is 19.7. The van der Waals surface area contributed by atoms with Gasteiger partial charge in [0.05, 0.1) is 10.6 Å². The van der Waals surface area contributed by atoms with E-state index >= 15 is 0 Å². The van der Waals surface area contributed by atoms with Gasteiger partial charge in [0.1, 0.15) is 0 Å². The van der Waals surface area contributed by atoms with Gasteiger partial charge < -0.3 is 5.32 Å². The van der Waals surface area contributed by atoms with E-state index in [2.05, 4.69) is 15.6 Å². The van der Waals surface area contributed by atoms with Gasteiger partial charge in [0.25, 0.3) is 5.91 Å². The molecule has 1 aromatic heterocycles. The lowest BCUT2D eigenvalue weighted by molar-refractivity contribution is 0.0975. The van der Waals surface area contributed by atoms with Crippen LogP contribution in [0.3, 0.4) is 0 Å². The fourth-order valence-electron chi connectivity index (χ4n) is 3.51. The standard InChI is InChI=1S/C19H21N3O2S/c23-16-3-1-2-15-17(16)25-19(21-15)22-18(24)14-6-4-12(5-7-14)10-13-8-9-20-11-13/h4-7,13,20H,1-3,8-11H2,(H,21,22,24). The second-order valence-electron chi connectivity index (χ2n) is 6.79. The summed E-state index contributed by atoms with van der Waals surface area (Å²) in [7, 11) is 0. The van der Waals surface area contributed by atoms with Crippen LogP contribution in [0.4, 0.5) is 5.13 Å². The first-order valence-electron chi connectivity index (χ1n) is 8.83. The van der Waals surface area contributed by atoms with E-state index in [0.717, 1.165) is 38.0 Å². The topological polar surface area (TPSA) is 71.1 Å². The van der Waals surface area contributed by atoms with Gasteiger partial charge >= 0.3 is 0 Å². The maximum atomic E-state index is 12.4. The summed E-state index contributed by atoms with van der Waals surface area (Å²) in [6.07, 6.45) is 4.52. The zero-order chi connectivity index (χ0) is 17.2. The molecule has 1 fully saturated rings. The molecular formula is C19H21N3O2S. The quantitative estimate of drug-likeness (QED) is 0.884. The van der Waals surface area contributed by atoms with Crippen molar-refractivity contribution in [1.29, 1.82) is 0 Å². The molecule has 1 aliphatic heterocycles. The largest absolute Gasteiger partial charge is 0.316 e. The number of fused-ring (bicyclic) bond motifs is 1. The van der Waals surface area contributed by atoms with Crippen LogP contribution >= 0.6 is 11.3 Å². The Balaban J connectivity index is 1.41. The van der Waals surface area contributed by atoms with Crippen LogP contribution in [-0.4, -0.2) is 29.8 Å². The molecule has 1 saturated heterocycles. The summed E-state index contributed by atoms with van der Waals surface area (Å²) in [6.45, 7) is 2.18. The summed E-state index contributed by atoms with van der Waals surface area (Å²) < 4.78 is 0. The fourth-order valence-corrected chi connectivity index (χ4v) is 4.48. The van der Waals surface area contributed by atoms with E-state index in [-0.39, 0.29) is 11.7 Å². The molecule has 0 saturated carbocycles. The van der Waals surface area contributed by atoms with Crippen LogP contribution in [0, 0.1) is 5.92 Å². The van der Waals surface area contributed by atoms with Crippen molar-refractivity contribution in [3.63, 3.8) is 0 Å². The lowest BCUT2D eigenvalue weighted by Gasteiger charge is -2.08. The van der Waals surface area contributed by atoms with E-state index in [1.165, 1.54) is 23.3 Å². The molecule has 1 unspecified atom stereocenters. The molecule has 130 valence electrons. The van der Waals surface area contributed by atoms with Crippen molar-refractivity contribution in [1.82, 2.24) is 10.3 Å². The Bertz CT molecular complexity index is 792. The second-order valence-corrected chi connectivity index (χ2v) is 7.78. The maximum absolute atomic E-state index is 12.4. The van der Waals surface area contributed by atoms with Gasteiger partial charge in [-0.25, -0.2) is 4.98 Å². The van der Waals surface area contributed by atoms with E-state index in [4.69, 9.17) is 0 Å². The number of amides is 1. The molecule has 1 aromatic carbocycles. The van der Waals surface area contributed by atoms with Crippen molar-refractivity contribution >= 4 is 28.2 Å². The van der Waals surface area contributed by atoms with E-state index in [1.54, 1.807) is 0 Å². The molecule has 6 heteroatoms. The van der Waals surface area contributed by atoms with Crippen LogP contribution in [0.5, 0.6) is 0 Å². The highest BCUT2D eigenvalue weighted by Gasteiger charge is 2.23. The molecule has 2 aliphatic rings. The van der Waals surface area contributed by atoms with Crippen LogP contribution in [0.2, 0.25) is 0 Å². The van der Waals surface area contributed by atoms with E-state index in [1.807, 2.05) is 24.3 Å². The zero-order valence-corrected chi connectivity index (χ0v) is 14.8. The number of thiazole rings is 1. The lowest BCUT2D eigenvalue weighted by Crippen LogP contribution is -2.13. The van der Waals surface area contributed by atoms with Gasteiger partial charge in [-0.3, -0.25) is 14.9 Å². The number of hydrogen-bond donors (Lipinski definition) is 2. The molecule has 1 atom stereocenters. The molecule has 0 spiro atoms. The lowest BCUT2D eigenvalue weighted by atomic mass is 9.98. The van der Waals surface area contributed by atoms with Gasteiger partial charge in [0, 0.05) is 12.0 Å². The Morgan fingerprint density at radius 1 is 1.28 bits per heavy atom. The maximum Gasteiger partial charge on any atom is 0.257 e. The SMILES string of the molecule is O=C(Nc1nc2c(s1)C(=O)CCC2)c1ccc(CC2CCNC2)cc1. The molecule has 0 radical (unpaired) electrons. The third-order valence-corrected chi connectivity index (χ3v) is 5.95. The van der Waals surface area contributed by atoms with Gasteiger partial charge in [-0.05, 0) is 62.4 Å². The minimum absolute atomic E-state index is 0.144. The van der Waals surface area contributed by atoms with Crippen molar-refractivity contribution in [3.8, 4) is 0 Å². The zero-order valence-electron chi connectivity index (χ0n) is 14.0. The first-order chi connectivity index (χ1) is 12.2. The number of rotatable bonds is 4. The first-order valence-corrected chi connectivity index (χ1v) is 9.64. The molecular weight excluding hydrogens is 334 g/mol. The molecule has 2 N–H and O–H groups in total. The van der Waals surface area contributed by atoms with Gasteiger partial charge in [-0.15, -0.1) is 0 Å². The number of aryl methyl sites for hydroxylation is 1. The molecule has 2 aromatic rings. The summed E-state index contributed by atoms with van der Waals surface area (Å²) in [5, 5.41) is 6.73. The summed E-state index contributed by atoms with van der Waals surface area (Å²) >= 11 is 1.29. The average Bonchev–Trinajstić information content (AvgIpc) is 3.25. The molecule has 1 amide bonds. The predicted octanol–water partition coefficient (Wildman–Crippen LogP) is 3.07. The number of carbonyl (C=O) groups excluding carboxylic acids is 2. The van der Waals surface area contributed by atoms with E-state index in [0.29, 0.717) is 27.9 Å². The van der Waals surface area contributed by atoms with Gasteiger partial charge in [-0.2, -0.15) is 0 Å². The van der Waals surface area contributed by atoms with E-state index in [9.17, 15) is 9.59 Å². The van der Waals surface area contributed by atoms with Crippen LogP contribution in [0.1, 0.15) is 50.5 Å². The first kappa shape index (κ1) is 16.4. The number of aromatic nitrogens is 1. The Labute approximate surface area is 150 Å². The highest BCUT2D eigenvalue weighted by molar-refractivity contribution is 7.17. The summed E-state index contributed by atoms with van der Waals surface area (Å²) in [4.78, 5) is 29.4. The minimum Gasteiger partial charge on any atom is -0.316 e. The van der Waals surface area contributed by atoms with Gasteiger partial charge in [0.2, 0.25) is 0 Å². The monoisotopic (exact) mass is 355 g/mol. The van der Waals surface area contributed by atoms with Crippen molar-refractivity contribution in [2.45, 2.75) is 32.1 Å². The van der Waals surface area contributed by atoms with Crippen molar-refractivity contribution in [3.05, 3.63) is 46.0 Å². The fraction of sp³-hybridized carbons (Fsp3) is 0.421. The molecule has 1 aliphatic carbocycles. The molecule has 0 bridgehead atoms. The number of nitrogens with zero attached hydrogens (tertiary/aromatic N) is 1. The number of benzene rings is 1. The number of nitrogens with one attached hydrogen (secondary N) is 2. The number of carbonyl (C=O) groups is 2. The third-order valence-electron chi connectivity index (χ3n) is 4.89. The average molecular weight is 355 g/mol. The Morgan fingerprint density at radius 3 is 2.84 bits per heavy atom. The number of ketones is 1. The third kappa shape index (κ3) is 3.65. The van der Waals surface area contributed by atoms with Crippen molar-refractivity contribution < 1.29 is 9.59 Å². The van der Waals surface area contributed by atoms with Crippen molar-refractivity contribution in [2.24, 2.45) is 5.92 Å². The molecule has 2 heterocycles. The van der Waals surface area contributed by atoms with E-state index < -0.39 is 0 Å². The molecule has 25 heavy (non-hydrogen) atoms. The van der Waals surface area contributed by atoms with Gasteiger partial charge in [0.15, 0.2) is 10.9 Å². The number of hydrogen-bond acceptors (Lipinski definition) is 5. The summed E-state index contributed by atoms with van der Waals surface area (Å²) in [5.41, 5.74) is 2.71. The Kier molecular flexibility index (Phi) is 4.63. The Hall–Kier alpha value is -2.05. The van der Waals surface area contributed by atoms with Crippen molar-refractivity contribution in [2.75, 3.05) is 18.4 Å². The predicted molar refractivity (Wildman–Crippen MR) is 98.5 cm³/mol. The van der Waals surface area contributed by atoms with Gasteiger partial charge in [-0.1, -0.05) is 23.5 Å². The highest BCUT2D eigenvalue weighted by atomic mass is 32.1. The van der Waals surface area contributed by atoms with Crippen LogP contribution in [0.25, 0.3) is 0 Å². The number of anilines is 1. The van der Waals surface area contributed by atoms with Crippen LogP contribution in [-0.2, 0) is 12.8 Å². The Morgan fingerprint density at radius 2 is 2.12 bits per heavy atom. The number of Topliss-reactive ketones (excluding diaryl/α,β-unsaturated/α-hetero) is 1.